The zero-order valence-electron chi connectivity index (χ0n) is 9.28. The number of hydrogen-bond donors (Lipinski definition) is 2. The Hall–Kier alpha value is -1.84. The van der Waals surface area contributed by atoms with Crippen LogP contribution in [0.4, 0.5) is 5.82 Å². The fraction of sp³-hybridized carbons (Fsp3) is 0.273. The van der Waals surface area contributed by atoms with Gasteiger partial charge in [0.05, 0.1) is 11.4 Å². The van der Waals surface area contributed by atoms with Gasteiger partial charge in [0.25, 0.3) is 0 Å². The Labute approximate surface area is 89.8 Å². The van der Waals surface area contributed by atoms with Crippen molar-refractivity contribution in [2.75, 3.05) is 12.4 Å². The first kappa shape index (κ1) is 11.2. The second kappa shape index (κ2) is 5.80. The Morgan fingerprint density at radius 3 is 2.60 bits per heavy atom. The number of hydrogen-bond acceptors (Lipinski definition) is 3. The van der Waals surface area contributed by atoms with Gasteiger partial charge in [0, 0.05) is 19.3 Å². The maximum atomic E-state index is 4.20. The van der Waals surface area contributed by atoms with E-state index in [-0.39, 0.29) is 0 Å². The van der Waals surface area contributed by atoms with Crippen molar-refractivity contribution < 1.29 is 0 Å². The average molecular weight is 204 g/mol. The van der Waals surface area contributed by atoms with E-state index in [2.05, 4.69) is 20.5 Å². The zero-order chi connectivity index (χ0) is 11.1. The van der Waals surface area contributed by atoms with E-state index in [1.54, 1.807) is 6.20 Å². The van der Waals surface area contributed by atoms with Crippen LogP contribution in [-0.2, 0) is 0 Å². The zero-order valence-corrected chi connectivity index (χ0v) is 9.28. The summed E-state index contributed by atoms with van der Waals surface area (Å²) in [5.41, 5.74) is 1.82. The minimum atomic E-state index is 0.820. The predicted octanol–water partition coefficient (Wildman–Crippen LogP) is 2.54. The molecule has 0 spiro atoms. The Morgan fingerprint density at radius 1 is 1.27 bits per heavy atom. The molecule has 4 heteroatoms. The summed E-state index contributed by atoms with van der Waals surface area (Å²) in [6.45, 7) is 4.00. The third-order valence-corrected chi connectivity index (χ3v) is 1.77. The highest BCUT2D eigenvalue weighted by Gasteiger charge is 2.01. The lowest BCUT2D eigenvalue weighted by Gasteiger charge is -1.92. The standard InChI is InChI=1S/C9H10N4.C2H6/c1-10-9-6-8(12-13-9)7-4-2-3-5-11-7;1-2/h2-6H,1H3,(H2,10,12,13);1-2H3. The molecule has 0 amide bonds. The lowest BCUT2D eigenvalue weighted by atomic mass is 10.3. The number of H-pyrrole nitrogens is 1. The van der Waals surface area contributed by atoms with E-state index >= 15 is 0 Å². The van der Waals surface area contributed by atoms with E-state index in [0.29, 0.717) is 0 Å². The second-order valence-electron chi connectivity index (χ2n) is 2.63. The van der Waals surface area contributed by atoms with Crippen LogP contribution in [0.25, 0.3) is 11.4 Å². The van der Waals surface area contributed by atoms with E-state index < -0.39 is 0 Å². The number of rotatable bonds is 2. The predicted molar refractivity (Wildman–Crippen MR) is 62.7 cm³/mol. The van der Waals surface area contributed by atoms with Gasteiger partial charge in [-0.05, 0) is 12.1 Å². The van der Waals surface area contributed by atoms with Crippen molar-refractivity contribution in [3.05, 3.63) is 30.5 Å². The van der Waals surface area contributed by atoms with E-state index in [0.717, 1.165) is 17.2 Å². The normalized spacial score (nSPS) is 9.00. The molecule has 2 N–H and O–H groups in total. The molecule has 0 aliphatic rings. The van der Waals surface area contributed by atoms with Gasteiger partial charge in [-0.25, -0.2) is 0 Å². The van der Waals surface area contributed by atoms with Crippen LogP contribution >= 0.6 is 0 Å². The van der Waals surface area contributed by atoms with Crippen molar-refractivity contribution in [1.29, 1.82) is 0 Å². The first-order chi connectivity index (χ1) is 7.40. The highest BCUT2D eigenvalue weighted by Crippen LogP contribution is 2.15. The second-order valence-corrected chi connectivity index (χ2v) is 2.63. The van der Waals surface area contributed by atoms with Crippen molar-refractivity contribution in [1.82, 2.24) is 15.2 Å². The SMILES string of the molecule is CC.CNc1cc(-c2ccccn2)[nH]n1. The first-order valence-electron chi connectivity index (χ1n) is 5.05. The highest BCUT2D eigenvalue weighted by molar-refractivity contribution is 5.58. The molecular weight excluding hydrogens is 188 g/mol. The van der Waals surface area contributed by atoms with Crippen molar-refractivity contribution in [2.24, 2.45) is 0 Å². The fourth-order valence-corrected chi connectivity index (χ4v) is 1.10. The summed E-state index contributed by atoms with van der Waals surface area (Å²) in [5.74, 6) is 0.820. The van der Waals surface area contributed by atoms with Crippen molar-refractivity contribution in [3.63, 3.8) is 0 Å². The Balaban J connectivity index is 0.000000531. The van der Waals surface area contributed by atoms with Gasteiger partial charge in [-0.3, -0.25) is 10.1 Å². The lowest BCUT2D eigenvalue weighted by Crippen LogP contribution is -1.85. The summed E-state index contributed by atoms with van der Waals surface area (Å²) in [7, 11) is 1.83. The molecule has 4 nitrogen and oxygen atoms in total. The molecule has 2 rings (SSSR count). The molecule has 0 bridgehead atoms. The van der Waals surface area contributed by atoms with Gasteiger partial charge in [0.15, 0.2) is 0 Å². The lowest BCUT2D eigenvalue weighted by molar-refractivity contribution is 1.08. The summed E-state index contributed by atoms with van der Waals surface area (Å²) in [6, 6.07) is 7.69. The van der Waals surface area contributed by atoms with Gasteiger partial charge in [0.2, 0.25) is 0 Å². The minimum Gasteiger partial charge on any atom is -0.372 e. The molecule has 2 aromatic rings. The monoisotopic (exact) mass is 204 g/mol. The third-order valence-electron chi connectivity index (χ3n) is 1.77. The van der Waals surface area contributed by atoms with E-state index in [1.165, 1.54) is 0 Å². The summed E-state index contributed by atoms with van der Waals surface area (Å²) < 4.78 is 0. The molecule has 0 atom stereocenters. The molecule has 0 aliphatic carbocycles. The minimum absolute atomic E-state index is 0.820. The molecule has 15 heavy (non-hydrogen) atoms. The molecule has 0 radical (unpaired) electrons. The molecule has 2 aromatic heterocycles. The van der Waals surface area contributed by atoms with Crippen LogP contribution in [-0.4, -0.2) is 22.2 Å². The summed E-state index contributed by atoms with van der Waals surface area (Å²) >= 11 is 0. The first-order valence-corrected chi connectivity index (χ1v) is 5.05. The number of nitrogens with zero attached hydrogens (tertiary/aromatic N) is 2. The van der Waals surface area contributed by atoms with Crippen LogP contribution in [0.2, 0.25) is 0 Å². The molecular formula is C11H16N4. The van der Waals surface area contributed by atoms with Gasteiger partial charge in [0.1, 0.15) is 5.82 Å². The molecule has 0 aliphatic heterocycles. The van der Waals surface area contributed by atoms with E-state index in [4.69, 9.17) is 0 Å². The molecule has 0 saturated heterocycles. The van der Waals surface area contributed by atoms with Crippen LogP contribution in [0.1, 0.15) is 13.8 Å². The van der Waals surface area contributed by atoms with Crippen LogP contribution in [0.5, 0.6) is 0 Å². The maximum Gasteiger partial charge on any atom is 0.148 e. The molecule has 0 saturated carbocycles. The van der Waals surface area contributed by atoms with Crippen LogP contribution < -0.4 is 5.32 Å². The number of nitrogens with one attached hydrogen (secondary N) is 2. The average Bonchev–Trinajstić information content (AvgIpc) is 2.81. The topological polar surface area (TPSA) is 53.6 Å². The summed E-state index contributed by atoms with van der Waals surface area (Å²) in [4.78, 5) is 4.20. The molecule has 0 unspecified atom stereocenters. The largest absolute Gasteiger partial charge is 0.372 e. The van der Waals surface area contributed by atoms with Gasteiger partial charge >= 0.3 is 0 Å². The van der Waals surface area contributed by atoms with Crippen molar-refractivity contribution >= 4 is 5.82 Å². The Kier molecular flexibility index (Phi) is 4.34. The highest BCUT2D eigenvalue weighted by atomic mass is 15.2. The number of aromatic amines is 1. The van der Waals surface area contributed by atoms with Crippen LogP contribution in [0.15, 0.2) is 30.5 Å². The fourth-order valence-electron chi connectivity index (χ4n) is 1.10. The Bertz CT molecular complexity index is 380. The summed E-state index contributed by atoms with van der Waals surface area (Å²) in [5, 5.41) is 9.88. The van der Waals surface area contributed by atoms with Gasteiger partial charge in [-0.1, -0.05) is 19.9 Å². The number of pyridine rings is 1. The number of anilines is 1. The van der Waals surface area contributed by atoms with E-state index in [1.807, 2.05) is 45.2 Å². The molecule has 80 valence electrons. The van der Waals surface area contributed by atoms with Crippen molar-refractivity contribution in [2.45, 2.75) is 13.8 Å². The molecule has 2 heterocycles. The third kappa shape index (κ3) is 2.80. The summed E-state index contributed by atoms with van der Waals surface area (Å²) in [6.07, 6.45) is 1.76. The number of aromatic nitrogens is 3. The van der Waals surface area contributed by atoms with Crippen molar-refractivity contribution in [3.8, 4) is 11.4 Å². The van der Waals surface area contributed by atoms with Gasteiger partial charge < -0.3 is 5.32 Å². The Morgan fingerprint density at radius 2 is 2.07 bits per heavy atom. The molecule has 0 aromatic carbocycles. The van der Waals surface area contributed by atoms with Crippen LogP contribution in [0.3, 0.4) is 0 Å². The van der Waals surface area contributed by atoms with Crippen LogP contribution in [0, 0.1) is 0 Å². The molecule has 0 fully saturated rings. The van der Waals surface area contributed by atoms with Gasteiger partial charge in [-0.2, -0.15) is 5.10 Å². The maximum absolute atomic E-state index is 4.20. The quantitative estimate of drug-likeness (QED) is 0.790. The smallest absolute Gasteiger partial charge is 0.148 e. The van der Waals surface area contributed by atoms with E-state index in [9.17, 15) is 0 Å². The van der Waals surface area contributed by atoms with Gasteiger partial charge in [-0.15, -0.1) is 0 Å².